The van der Waals surface area contributed by atoms with Crippen molar-refractivity contribution < 1.29 is 0 Å². The van der Waals surface area contributed by atoms with Crippen molar-refractivity contribution in [1.29, 1.82) is 5.26 Å². The van der Waals surface area contributed by atoms with Crippen LogP contribution in [-0.2, 0) is 6.54 Å². The van der Waals surface area contributed by atoms with Crippen LogP contribution in [0.25, 0.3) is 0 Å². The molecule has 0 radical (unpaired) electrons. The van der Waals surface area contributed by atoms with Crippen molar-refractivity contribution in [3.63, 3.8) is 0 Å². The molecule has 0 aromatic carbocycles. The number of nitriles is 1. The molecule has 1 aromatic rings. The third kappa shape index (κ3) is 3.19. The molecule has 0 aliphatic rings. The number of nitrogens with zero attached hydrogens (tertiary/aromatic N) is 3. The van der Waals surface area contributed by atoms with Crippen molar-refractivity contribution in [2.45, 2.75) is 38.8 Å². The first kappa shape index (κ1) is 10.7. The number of nitrogens with two attached hydrogens (primary N) is 1. The number of aryl methyl sites for hydroxylation is 2. The quantitative estimate of drug-likeness (QED) is 0.779. The summed E-state index contributed by atoms with van der Waals surface area (Å²) in [4.78, 5) is 0. The van der Waals surface area contributed by atoms with Gasteiger partial charge in [-0.25, -0.2) is 0 Å². The van der Waals surface area contributed by atoms with Crippen LogP contribution >= 0.6 is 0 Å². The van der Waals surface area contributed by atoms with E-state index in [0.717, 1.165) is 18.7 Å². The van der Waals surface area contributed by atoms with E-state index in [4.69, 9.17) is 11.0 Å². The van der Waals surface area contributed by atoms with Gasteiger partial charge in [0.15, 0.2) is 0 Å². The summed E-state index contributed by atoms with van der Waals surface area (Å²) in [5.41, 5.74) is 6.00. The highest BCUT2D eigenvalue weighted by Gasteiger charge is 2.15. The lowest BCUT2D eigenvalue weighted by atomic mass is 9.99. The first-order chi connectivity index (χ1) is 6.53. The lowest BCUT2D eigenvalue weighted by Gasteiger charge is -2.14. The van der Waals surface area contributed by atoms with Gasteiger partial charge in [0.25, 0.3) is 0 Å². The Morgan fingerprint density at radius 1 is 1.71 bits per heavy atom. The number of hydrogen-bond donors (Lipinski definition) is 1. The fourth-order valence-corrected chi connectivity index (χ4v) is 1.25. The van der Waals surface area contributed by atoms with Crippen LogP contribution in [0.15, 0.2) is 12.3 Å². The average Bonchev–Trinajstić information content (AvgIpc) is 2.51. The lowest BCUT2D eigenvalue weighted by molar-refractivity contribution is 0.471. The SMILES string of the molecule is Cc1ccn(CCCC(C)(N)C#N)n1. The van der Waals surface area contributed by atoms with Crippen LogP contribution in [0.5, 0.6) is 0 Å². The summed E-state index contributed by atoms with van der Waals surface area (Å²) < 4.78 is 1.88. The summed E-state index contributed by atoms with van der Waals surface area (Å²) in [6, 6.07) is 4.05. The third-order valence-electron chi connectivity index (χ3n) is 2.11. The summed E-state index contributed by atoms with van der Waals surface area (Å²) >= 11 is 0. The zero-order valence-corrected chi connectivity index (χ0v) is 8.70. The van der Waals surface area contributed by atoms with Crippen molar-refractivity contribution in [2.24, 2.45) is 5.73 Å². The van der Waals surface area contributed by atoms with Crippen molar-refractivity contribution in [3.05, 3.63) is 18.0 Å². The zero-order valence-electron chi connectivity index (χ0n) is 8.70. The predicted octanol–water partition coefficient (Wildman–Crippen LogP) is 1.21. The van der Waals surface area contributed by atoms with Crippen molar-refractivity contribution in [2.75, 3.05) is 0 Å². The Kier molecular flexibility index (Phi) is 3.26. The molecular weight excluding hydrogens is 176 g/mol. The molecule has 0 amide bonds. The van der Waals surface area contributed by atoms with E-state index in [0.29, 0.717) is 6.42 Å². The van der Waals surface area contributed by atoms with E-state index in [2.05, 4.69) is 11.2 Å². The Morgan fingerprint density at radius 3 is 2.93 bits per heavy atom. The molecule has 1 unspecified atom stereocenters. The lowest BCUT2D eigenvalue weighted by Crippen LogP contribution is -2.34. The molecular formula is C10H16N4. The molecule has 0 saturated heterocycles. The summed E-state index contributed by atoms with van der Waals surface area (Å²) in [7, 11) is 0. The van der Waals surface area contributed by atoms with E-state index < -0.39 is 5.54 Å². The first-order valence-corrected chi connectivity index (χ1v) is 4.74. The van der Waals surface area contributed by atoms with Gasteiger partial charge in [0.05, 0.1) is 11.8 Å². The second kappa shape index (κ2) is 4.25. The van der Waals surface area contributed by atoms with Crippen LogP contribution < -0.4 is 5.73 Å². The monoisotopic (exact) mass is 192 g/mol. The largest absolute Gasteiger partial charge is 0.314 e. The third-order valence-corrected chi connectivity index (χ3v) is 2.11. The highest BCUT2D eigenvalue weighted by atomic mass is 15.3. The molecule has 0 bridgehead atoms. The van der Waals surface area contributed by atoms with Crippen LogP contribution in [0.4, 0.5) is 0 Å². The fraction of sp³-hybridized carbons (Fsp3) is 0.600. The zero-order chi connectivity index (χ0) is 10.6. The van der Waals surface area contributed by atoms with Crippen LogP contribution in [-0.4, -0.2) is 15.3 Å². The number of hydrogen-bond acceptors (Lipinski definition) is 3. The van der Waals surface area contributed by atoms with Crippen molar-refractivity contribution >= 4 is 0 Å². The summed E-state index contributed by atoms with van der Waals surface area (Å²) in [6.07, 6.45) is 3.51. The van der Waals surface area contributed by atoms with Gasteiger partial charge in [-0.15, -0.1) is 0 Å². The molecule has 76 valence electrons. The highest BCUT2D eigenvalue weighted by molar-refractivity contribution is 5.00. The second-order valence-electron chi connectivity index (χ2n) is 3.85. The molecule has 0 aliphatic carbocycles. The van der Waals surface area contributed by atoms with Gasteiger partial charge in [0, 0.05) is 12.7 Å². The number of aromatic nitrogens is 2. The first-order valence-electron chi connectivity index (χ1n) is 4.74. The van der Waals surface area contributed by atoms with Crippen molar-refractivity contribution in [3.8, 4) is 6.07 Å². The number of rotatable bonds is 4. The Hall–Kier alpha value is -1.34. The van der Waals surface area contributed by atoms with E-state index in [1.54, 1.807) is 6.92 Å². The van der Waals surface area contributed by atoms with Crippen LogP contribution in [0.2, 0.25) is 0 Å². The maximum Gasteiger partial charge on any atom is 0.101 e. The van der Waals surface area contributed by atoms with Crippen LogP contribution in [0, 0.1) is 18.3 Å². The molecule has 4 heteroatoms. The smallest absolute Gasteiger partial charge is 0.101 e. The maximum absolute atomic E-state index is 8.70. The van der Waals surface area contributed by atoms with E-state index in [1.807, 2.05) is 23.9 Å². The molecule has 1 atom stereocenters. The second-order valence-corrected chi connectivity index (χ2v) is 3.85. The van der Waals surface area contributed by atoms with Gasteiger partial charge in [0.1, 0.15) is 5.54 Å². The summed E-state index contributed by atoms with van der Waals surface area (Å²) in [5, 5.41) is 12.9. The molecule has 0 aliphatic heterocycles. The predicted molar refractivity (Wildman–Crippen MR) is 54.4 cm³/mol. The van der Waals surface area contributed by atoms with Gasteiger partial charge in [-0.1, -0.05) is 0 Å². The van der Waals surface area contributed by atoms with Gasteiger partial charge < -0.3 is 5.73 Å². The Morgan fingerprint density at radius 2 is 2.43 bits per heavy atom. The normalized spacial score (nSPS) is 14.7. The van der Waals surface area contributed by atoms with Gasteiger partial charge in [-0.3, -0.25) is 4.68 Å². The van der Waals surface area contributed by atoms with E-state index in [-0.39, 0.29) is 0 Å². The molecule has 1 aromatic heterocycles. The van der Waals surface area contributed by atoms with E-state index in [1.165, 1.54) is 0 Å². The summed E-state index contributed by atoms with van der Waals surface area (Å²) in [6.45, 7) is 4.53. The Labute approximate surface area is 84.3 Å². The van der Waals surface area contributed by atoms with Crippen LogP contribution in [0.1, 0.15) is 25.5 Å². The van der Waals surface area contributed by atoms with Crippen LogP contribution in [0.3, 0.4) is 0 Å². The van der Waals surface area contributed by atoms with Gasteiger partial charge in [0.2, 0.25) is 0 Å². The molecule has 0 spiro atoms. The highest BCUT2D eigenvalue weighted by Crippen LogP contribution is 2.08. The van der Waals surface area contributed by atoms with Gasteiger partial charge in [-0.05, 0) is 32.8 Å². The molecule has 4 nitrogen and oxygen atoms in total. The maximum atomic E-state index is 8.70. The Balaban J connectivity index is 2.33. The molecule has 2 N–H and O–H groups in total. The van der Waals surface area contributed by atoms with E-state index in [9.17, 15) is 0 Å². The molecule has 1 rings (SSSR count). The molecule has 0 saturated carbocycles. The molecule has 1 heterocycles. The van der Waals surface area contributed by atoms with Crippen molar-refractivity contribution in [1.82, 2.24) is 9.78 Å². The summed E-state index contributed by atoms with van der Waals surface area (Å²) in [5.74, 6) is 0. The minimum absolute atomic E-state index is 0.697. The average molecular weight is 192 g/mol. The minimum atomic E-state index is -0.706. The minimum Gasteiger partial charge on any atom is -0.314 e. The van der Waals surface area contributed by atoms with Gasteiger partial charge in [-0.2, -0.15) is 10.4 Å². The topological polar surface area (TPSA) is 67.6 Å². The molecule has 14 heavy (non-hydrogen) atoms. The standard InChI is InChI=1S/C10H16N4/c1-9-4-7-14(13-9)6-3-5-10(2,12)8-11/h4,7H,3,5-6,12H2,1-2H3. The van der Waals surface area contributed by atoms with E-state index >= 15 is 0 Å². The fourth-order valence-electron chi connectivity index (χ4n) is 1.25. The molecule has 0 fully saturated rings. The van der Waals surface area contributed by atoms with Gasteiger partial charge >= 0.3 is 0 Å². The Bertz CT molecular complexity index is 332.